The minimum Gasteiger partial charge on any atom is -0.289 e. The molecule has 2 rings (SSSR count). The molecule has 98 valence electrons. The Morgan fingerprint density at radius 3 is 1.84 bits per heavy atom. The summed E-state index contributed by atoms with van der Waals surface area (Å²) in [4.78, 5) is 12.7. The van der Waals surface area contributed by atoms with E-state index in [1.54, 1.807) is 0 Å². The molecule has 0 bridgehead atoms. The zero-order valence-electron chi connectivity index (χ0n) is 12.3. The third-order valence-electron chi connectivity index (χ3n) is 3.67. The van der Waals surface area contributed by atoms with Crippen LogP contribution >= 0.6 is 0 Å². The zero-order valence-corrected chi connectivity index (χ0v) is 12.3. The summed E-state index contributed by atoms with van der Waals surface area (Å²) in [6.07, 6.45) is 0. The van der Waals surface area contributed by atoms with Crippen molar-refractivity contribution in [2.24, 2.45) is 0 Å². The molecule has 19 heavy (non-hydrogen) atoms. The van der Waals surface area contributed by atoms with Gasteiger partial charge in [0.25, 0.3) is 0 Å². The first-order valence-electron chi connectivity index (χ1n) is 6.60. The van der Waals surface area contributed by atoms with E-state index >= 15 is 0 Å². The first-order valence-corrected chi connectivity index (χ1v) is 6.60. The molecule has 2 aromatic carbocycles. The van der Waals surface area contributed by atoms with Gasteiger partial charge >= 0.3 is 0 Å². The van der Waals surface area contributed by atoms with Crippen LogP contribution in [0.1, 0.15) is 43.7 Å². The average molecular weight is 252 g/mol. The van der Waals surface area contributed by atoms with Gasteiger partial charge in [-0.05, 0) is 62.9 Å². The Morgan fingerprint density at radius 2 is 1.32 bits per heavy atom. The first kappa shape index (κ1) is 13.5. The Hall–Kier alpha value is -1.89. The van der Waals surface area contributed by atoms with E-state index in [0.29, 0.717) is 0 Å². The highest BCUT2D eigenvalue weighted by Gasteiger charge is 2.15. The molecule has 1 heteroatoms. The highest BCUT2D eigenvalue weighted by molar-refractivity contribution is 6.11. The van der Waals surface area contributed by atoms with E-state index in [1.165, 1.54) is 11.1 Å². The zero-order chi connectivity index (χ0) is 14.2. The van der Waals surface area contributed by atoms with Crippen LogP contribution in [-0.2, 0) is 0 Å². The van der Waals surface area contributed by atoms with Crippen molar-refractivity contribution in [3.63, 3.8) is 0 Å². The van der Waals surface area contributed by atoms with Crippen molar-refractivity contribution in [2.45, 2.75) is 34.6 Å². The smallest absolute Gasteiger partial charge is 0.193 e. The Balaban J connectivity index is 2.53. The topological polar surface area (TPSA) is 17.1 Å². The summed E-state index contributed by atoms with van der Waals surface area (Å²) >= 11 is 0. The Bertz CT molecular complexity index is 628. The minimum absolute atomic E-state index is 0.123. The van der Waals surface area contributed by atoms with Gasteiger partial charge in [-0.25, -0.2) is 0 Å². The van der Waals surface area contributed by atoms with Crippen molar-refractivity contribution in [2.75, 3.05) is 0 Å². The fourth-order valence-electron chi connectivity index (χ4n) is 2.57. The molecule has 2 aromatic rings. The van der Waals surface area contributed by atoms with Crippen molar-refractivity contribution in [1.82, 2.24) is 0 Å². The number of ketones is 1. The molecular formula is C18H20O. The van der Waals surface area contributed by atoms with E-state index < -0.39 is 0 Å². The lowest BCUT2D eigenvalue weighted by molar-refractivity contribution is 0.103. The fourth-order valence-corrected chi connectivity index (χ4v) is 2.57. The summed E-state index contributed by atoms with van der Waals surface area (Å²) < 4.78 is 0. The summed E-state index contributed by atoms with van der Waals surface area (Å²) in [5.74, 6) is 0.123. The van der Waals surface area contributed by atoms with Gasteiger partial charge in [0.2, 0.25) is 0 Å². The van der Waals surface area contributed by atoms with Gasteiger partial charge in [-0.15, -0.1) is 0 Å². The molecule has 0 amide bonds. The molecule has 0 aromatic heterocycles. The molecule has 0 heterocycles. The van der Waals surface area contributed by atoms with Gasteiger partial charge in [0.05, 0.1) is 0 Å². The van der Waals surface area contributed by atoms with Crippen molar-refractivity contribution in [3.8, 4) is 0 Å². The predicted octanol–water partition coefficient (Wildman–Crippen LogP) is 4.46. The lowest BCUT2D eigenvalue weighted by Gasteiger charge is -2.11. The molecule has 0 saturated heterocycles. The van der Waals surface area contributed by atoms with Gasteiger partial charge in [0, 0.05) is 11.1 Å². The van der Waals surface area contributed by atoms with Gasteiger partial charge in [0.1, 0.15) is 0 Å². The molecule has 0 spiro atoms. The van der Waals surface area contributed by atoms with Gasteiger partial charge in [-0.1, -0.05) is 29.8 Å². The van der Waals surface area contributed by atoms with E-state index in [0.717, 1.165) is 27.8 Å². The van der Waals surface area contributed by atoms with E-state index in [1.807, 2.05) is 39.0 Å². The van der Waals surface area contributed by atoms with Gasteiger partial charge in [0.15, 0.2) is 5.78 Å². The molecule has 0 atom stereocenters. The Kier molecular flexibility index (Phi) is 3.57. The molecule has 0 aliphatic heterocycles. The molecule has 0 fully saturated rings. The summed E-state index contributed by atoms with van der Waals surface area (Å²) in [5.41, 5.74) is 7.31. The van der Waals surface area contributed by atoms with E-state index in [4.69, 9.17) is 0 Å². The van der Waals surface area contributed by atoms with Crippen LogP contribution in [-0.4, -0.2) is 5.78 Å². The van der Waals surface area contributed by atoms with E-state index in [2.05, 4.69) is 26.0 Å². The number of benzene rings is 2. The third-order valence-corrected chi connectivity index (χ3v) is 3.67. The Labute approximate surface area is 115 Å². The molecule has 0 radical (unpaired) electrons. The number of carbonyl (C=O) groups is 1. The second kappa shape index (κ2) is 5.00. The highest BCUT2D eigenvalue weighted by atomic mass is 16.1. The van der Waals surface area contributed by atoms with Gasteiger partial charge in [-0.2, -0.15) is 0 Å². The number of hydrogen-bond acceptors (Lipinski definition) is 1. The maximum absolute atomic E-state index is 12.7. The summed E-state index contributed by atoms with van der Waals surface area (Å²) in [5, 5.41) is 0. The molecule has 0 aliphatic carbocycles. The highest BCUT2D eigenvalue weighted by Crippen LogP contribution is 2.21. The molecule has 0 unspecified atom stereocenters. The summed E-state index contributed by atoms with van der Waals surface area (Å²) in [6, 6.07) is 10.1. The largest absolute Gasteiger partial charge is 0.289 e. The quantitative estimate of drug-likeness (QED) is 0.721. The molecule has 0 saturated carbocycles. The van der Waals surface area contributed by atoms with Crippen LogP contribution in [0.25, 0.3) is 0 Å². The number of carbonyl (C=O) groups excluding carboxylic acids is 1. The maximum Gasteiger partial charge on any atom is 0.193 e. The van der Waals surface area contributed by atoms with Gasteiger partial charge in [-0.3, -0.25) is 4.79 Å². The standard InChI is InChI=1S/C18H20O/c1-11-8-14(4)17(15(5)9-11)18(19)16-7-6-12(2)13(3)10-16/h6-10H,1-5H3. The number of hydrogen-bond donors (Lipinski definition) is 0. The summed E-state index contributed by atoms with van der Waals surface area (Å²) in [7, 11) is 0. The van der Waals surface area contributed by atoms with Crippen molar-refractivity contribution >= 4 is 5.78 Å². The minimum atomic E-state index is 0.123. The molecular weight excluding hydrogens is 232 g/mol. The van der Waals surface area contributed by atoms with Crippen LogP contribution in [0, 0.1) is 34.6 Å². The third kappa shape index (κ3) is 2.60. The normalized spacial score (nSPS) is 10.6. The van der Waals surface area contributed by atoms with Crippen molar-refractivity contribution < 1.29 is 4.79 Å². The van der Waals surface area contributed by atoms with Crippen molar-refractivity contribution in [1.29, 1.82) is 0 Å². The van der Waals surface area contributed by atoms with Crippen LogP contribution in [0.15, 0.2) is 30.3 Å². The van der Waals surface area contributed by atoms with E-state index in [-0.39, 0.29) is 5.78 Å². The molecule has 0 N–H and O–H groups in total. The Morgan fingerprint density at radius 1 is 0.737 bits per heavy atom. The summed E-state index contributed by atoms with van der Waals surface area (Å²) in [6.45, 7) is 10.2. The average Bonchev–Trinajstić information content (AvgIpc) is 2.31. The van der Waals surface area contributed by atoms with Gasteiger partial charge < -0.3 is 0 Å². The predicted molar refractivity (Wildman–Crippen MR) is 80.0 cm³/mol. The van der Waals surface area contributed by atoms with Crippen molar-refractivity contribution in [3.05, 3.63) is 69.3 Å². The SMILES string of the molecule is Cc1cc(C)c(C(=O)c2ccc(C)c(C)c2)c(C)c1. The fraction of sp³-hybridized carbons (Fsp3) is 0.278. The number of rotatable bonds is 2. The second-order valence-corrected chi connectivity index (χ2v) is 5.40. The maximum atomic E-state index is 12.7. The van der Waals surface area contributed by atoms with Crippen LogP contribution in [0.2, 0.25) is 0 Å². The lowest BCUT2D eigenvalue weighted by atomic mass is 9.92. The first-order chi connectivity index (χ1) is 8.90. The lowest BCUT2D eigenvalue weighted by Crippen LogP contribution is -2.07. The van der Waals surface area contributed by atoms with Crippen LogP contribution in [0.3, 0.4) is 0 Å². The monoisotopic (exact) mass is 252 g/mol. The van der Waals surface area contributed by atoms with Crippen LogP contribution < -0.4 is 0 Å². The molecule has 0 aliphatic rings. The number of aryl methyl sites for hydroxylation is 5. The molecule has 1 nitrogen and oxygen atoms in total. The van der Waals surface area contributed by atoms with E-state index in [9.17, 15) is 4.79 Å². The second-order valence-electron chi connectivity index (χ2n) is 5.40. The van der Waals surface area contributed by atoms with Crippen LogP contribution in [0.4, 0.5) is 0 Å². The van der Waals surface area contributed by atoms with Crippen LogP contribution in [0.5, 0.6) is 0 Å².